The van der Waals surface area contributed by atoms with Gasteiger partial charge in [-0.2, -0.15) is 0 Å². The van der Waals surface area contributed by atoms with Crippen LogP contribution in [0.2, 0.25) is 0 Å². The average molecular weight is 275 g/mol. The Hall–Kier alpha value is -1.35. The second-order valence-corrected chi connectivity index (χ2v) is 6.17. The highest BCUT2D eigenvalue weighted by Crippen LogP contribution is 2.28. The molecule has 0 saturated carbocycles. The topological polar surface area (TPSA) is 40.5 Å². The zero-order valence-corrected chi connectivity index (χ0v) is 12.5. The van der Waals surface area contributed by atoms with Gasteiger partial charge in [-0.1, -0.05) is 43.2 Å². The standard InChI is InChI=1S/C17H25NO2/c1-14-9-5-4-8-12-18(14)13-17(2,16(19)20)15-10-6-3-7-11-15/h3,6-7,10-11,14H,4-5,8-9,12-13H2,1-2H3,(H,19,20). The van der Waals surface area contributed by atoms with Gasteiger partial charge in [-0.05, 0) is 38.8 Å². The van der Waals surface area contributed by atoms with Crippen LogP contribution in [-0.2, 0) is 10.2 Å². The Balaban J connectivity index is 2.23. The molecule has 1 heterocycles. The molecule has 0 aromatic heterocycles. The molecule has 0 aliphatic carbocycles. The van der Waals surface area contributed by atoms with Crippen molar-refractivity contribution in [2.45, 2.75) is 51.0 Å². The normalized spacial score (nSPS) is 23.8. The number of carboxylic acids is 1. The highest BCUT2D eigenvalue weighted by Gasteiger charge is 2.38. The monoisotopic (exact) mass is 275 g/mol. The van der Waals surface area contributed by atoms with Gasteiger partial charge in [-0.15, -0.1) is 0 Å². The van der Waals surface area contributed by atoms with Gasteiger partial charge in [0.15, 0.2) is 0 Å². The number of rotatable bonds is 4. The lowest BCUT2D eigenvalue weighted by atomic mass is 9.81. The Bertz CT molecular complexity index is 446. The van der Waals surface area contributed by atoms with Crippen LogP contribution in [0.15, 0.2) is 30.3 Å². The van der Waals surface area contributed by atoms with E-state index in [9.17, 15) is 9.90 Å². The van der Waals surface area contributed by atoms with E-state index in [2.05, 4.69) is 11.8 Å². The van der Waals surface area contributed by atoms with Gasteiger partial charge in [0.2, 0.25) is 0 Å². The minimum absolute atomic E-state index is 0.472. The third kappa shape index (κ3) is 3.21. The Morgan fingerprint density at radius 1 is 1.30 bits per heavy atom. The van der Waals surface area contributed by atoms with Crippen LogP contribution >= 0.6 is 0 Å². The summed E-state index contributed by atoms with van der Waals surface area (Å²) >= 11 is 0. The van der Waals surface area contributed by atoms with Crippen LogP contribution in [-0.4, -0.2) is 35.1 Å². The van der Waals surface area contributed by atoms with Crippen LogP contribution in [0.5, 0.6) is 0 Å². The van der Waals surface area contributed by atoms with Crippen molar-refractivity contribution in [3.63, 3.8) is 0 Å². The number of benzene rings is 1. The first-order chi connectivity index (χ1) is 9.54. The smallest absolute Gasteiger partial charge is 0.315 e. The van der Waals surface area contributed by atoms with Crippen LogP contribution in [0.4, 0.5) is 0 Å². The molecule has 1 aliphatic heterocycles. The van der Waals surface area contributed by atoms with E-state index >= 15 is 0 Å². The first-order valence-electron chi connectivity index (χ1n) is 7.57. The van der Waals surface area contributed by atoms with Crippen molar-refractivity contribution in [3.8, 4) is 0 Å². The van der Waals surface area contributed by atoms with E-state index in [4.69, 9.17) is 0 Å². The fraction of sp³-hybridized carbons (Fsp3) is 0.588. The third-order valence-corrected chi connectivity index (χ3v) is 4.59. The van der Waals surface area contributed by atoms with Gasteiger partial charge in [0.05, 0.1) is 0 Å². The summed E-state index contributed by atoms with van der Waals surface area (Å²) in [6.45, 7) is 5.67. The molecule has 0 amide bonds. The molecule has 3 nitrogen and oxygen atoms in total. The average Bonchev–Trinajstić information content (AvgIpc) is 2.65. The van der Waals surface area contributed by atoms with Crippen molar-refractivity contribution < 1.29 is 9.90 Å². The Morgan fingerprint density at radius 3 is 2.65 bits per heavy atom. The molecule has 1 aromatic carbocycles. The lowest BCUT2D eigenvalue weighted by molar-refractivity contribution is -0.144. The van der Waals surface area contributed by atoms with E-state index in [1.165, 1.54) is 25.7 Å². The van der Waals surface area contributed by atoms with E-state index in [0.29, 0.717) is 12.6 Å². The van der Waals surface area contributed by atoms with Crippen molar-refractivity contribution >= 4 is 5.97 Å². The molecule has 1 aromatic rings. The van der Waals surface area contributed by atoms with Crippen LogP contribution in [0.25, 0.3) is 0 Å². The van der Waals surface area contributed by atoms with Gasteiger partial charge in [0.25, 0.3) is 0 Å². The van der Waals surface area contributed by atoms with Crippen LogP contribution in [0, 0.1) is 0 Å². The number of aliphatic carboxylic acids is 1. The Kier molecular flexibility index (Phi) is 4.81. The van der Waals surface area contributed by atoms with Crippen molar-refractivity contribution in [1.82, 2.24) is 4.90 Å². The van der Waals surface area contributed by atoms with Crippen molar-refractivity contribution in [2.75, 3.05) is 13.1 Å². The van der Waals surface area contributed by atoms with Gasteiger partial charge >= 0.3 is 5.97 Å². The first-order valence-corrected chi connectivity index (χ1v) is 7.57. The fourth-order valence-corrected chi connectivity index (χ4v) is 3.06. The van der Waals surface area contributed by atoms with Gasteiger partial charge in [-0.3, -0.25) is 9.69 Å². The minimum atomic E-state index is -0.833. The van der Waals surface area contributed by atoms with Crippen molar-refractivity contribution in [2.24, 2.45) is 0 Å². The predicted molar refractivity (Wildman–Crippen MR) is 80.9 cm³/mol. The first kappa shape index (κ1) is 15.0. The van der Waals surface area contributed by atoms with Crippen LogP contribution in [0.1, 0.15) is 45.1 Å². The number of nitrogens with zero attached hydrogens (tertiary/aromatic N) is 1. The molecule has 0 radical (unpaired) electrons. The summed E-state index contributed by atoms with van der Waals surface area (Å²) < 4.78 is 0. The number of carbonyl (C=O) groups is 1. The molecular formula is C17H25NO2. The maximum Gasteiger partial charge on any atom is 0.315 e. The summed E-state index contributed by atoms with van der Waals surface area (Å²) in [6, 6.07) is 10.1. The lowest BCUT2D eigenvalue weighted by Gasteiger charge is -2.35. The molecule has 1 N–H and O–H groups in total. The summed E-state index contributed by atoms with van der Waals surface area (Å²) in [5.74, 6) is -0.736. The van der Waals surface area contributed by atoms with E-state index in [1.54, 1.807) is 0 Å². The Labute approximate surface area is 121 Å². The number of likely N-dealkylation sites (tertiary alicyclic amines) is 1. The molecule has 2 atom stereocenters. The van der Waals surface area contributed by atoms with E-state index in [-0.39, 0.29) is 0 Å². The van der Waals surface area contributed by atoms with Gasteiger partial charge in [0.1, 0.15) is 5.41 Å². The second kappa shape index (κ2) is 6.40. The van der Waals surface area contributed by atoms with E-state index in [1.807, 2.05) is 37.3 Å². The molecule has 0 spiro atoms. The molecule has 0 bridgehead atoms. The van der Waals surface area contributed by atoms with Gasteiger partial charge in [-0.25, -0.2) is 0 Å². The Morgan fingerprint density at radius 2 is 2.00 bits per heavy atom. The summed E-state index contributed by atoms with van der Waals surface area (Å²) in [5, 5.41) is 9.75. The number of carboxylic acid groups (broad SMARTS) is 1. The summed E-state index contributed by atoms with van der Waals surface area (Å²) in [6.07, 6.45) is 4.86. The quantitative estimate of drug-likeness (QED) is 0.916. The molecule has 20 heavy (non-hydrogen) atoms. The maximum atomic E-state index is 11.9. The molecule has 2 rings (SSSR count). The maximum absolute atomic E-state index is 11.9. The minimum Gasteiger partial charge on any atom is -0.481 e. The molecule has 1 aliphatic rings. The SMILES string of the molecule is CC1CCCCCN1CC(C)(C(=O)O)c1ccccc1. The van der Waals surface area contributed by atoms with E-state index < -0.39 is 11.4 Å². The van der Waals surface area contributed by atoms with Crippen LogP contribution < -0.4 is 0 Å². The largest absolute Gasteiger partial charge is 0.481 e. The van der Waals surface area contributed by atoms with Crippen molar-refractivity contribution in [1.29, 1.82) is 0 Å². The molecule has 1 saturated heterocycles. The highest BCUT2D eigenvalue weighted by atomic mass is 16.4. The summed E-state index contributed by atoms with van der Waals surface area (Å²) in [4.78, 5) is 14.2. The molecule has 2 unspecified atom stereocenters. The predicted octanol–water partition coefficient (Wildman–Crippen LogP) is 3.29. The molecule has 1 fully saturated rings. The number of hydrogen-bond donors (Lipinski definition) is 1. The zero-order chi connectivity index (χ0) is 14.6. The lowest BCUT2D eigenvalue weighted by Crippen LogP contribution is -2.47. The molecule has 3 heteroatoms. The van der Waals surface area contributed by atoms with Gasteiger partial charge < -0.3 is 5.11 Å². The second-order valence-electron chi connectivity index (χ2n) is 6.17. The molecular weight excluding hydrogens is 250 g/mol. The highest BCUT2D eigenvalue weighted by molar-refractivity contribution is 5.81. The summed E-state index contributed by atoms with van der Waals surface area (Å²) in [5.41, 5.74) is 0.0591. The summed E-state index contributed by atoms with van der Waals surface area (Å²) in [7, 11) is 0. The van der Waals surface area contributed by atoms with E-state index in [0.717, 1.165) is 12.1 Å². The number of hydrogen-bond acceptors (Lipinski definition) is 2. The van der Waals surface area contributed by atoms with Gasteiger partial charge in [0, 0.05) is 12.6 Å². The third-order valence-electron chi connectivity index (χ3n) is 4.59. The van der Waals surface area contributed by atoms with Crippen LogP contribution in [0.3, 0.4) is 0 Å². The zero-order valence-electron chi connectivity index (χ0n) is 12.5. The molecule has 110 valence electrons. The van der Waals surface area contributed by atoms with Crippen molar-refractivity contribution in [3.05, 3.63) is 35.9 Å². The fourth-order valence-electron chi connectivity index (χ4n) is 3.06.